The quantitative estimate of drug-likeness (QED) is 0.559. The minimum atomic E-state index is -0.167. The zero-order valence-corrected chi connectivity index (χ0v) is 8.23. The largest absolute Gasteiger partial charge is 0.202 e. The van der Waals surface area contributed by atoms with Crippen molar-refractivity contribution in [3.63, 3.8) is 0 Å². The van der Waals surface area contributed by atoms with Crippen molar-refractivity contribution in [2.24, 2.45) is 0 Å². The van der Waals surface area contributed by atoms with Gasteiger partial charge in [0.2, 0.25) is 0 Å². The summed E-state index contributed by atoms with van der Waals surface area (Å²) in [6.45, 7) is 4.12. The summed E-state index contributed by atoms with van der Waals surface area (Å²) in [4.78, 5) is 0. The van der Waals surface area contributed by atoms with E-state index in [1.54, 1.807) is 0 Å². The molecule has 0 amide bonds. The molecule has 0 N–H and O–H groups in total. The van der Waals surface area contributed by atoms with E-state index >= 15 is 0 Å². The monoisotopic (exact) mass is 178 g/mol. The van der Waals surface area contributed by atoms with E-state index in [2.05, 4.69) is 12.7 Å². The first kappa shape index (κ1) is 10.0. The Morgan fingerprint density at radius 1 is 1.38 bits per heavy atom. The van der Waals surface area contributed by atoms with Crippen LogP contribution < -0.4 is 0 Å². The van der Waals surface area contributed by atoms with Gasteiger partial charge >= 0.3 is 0 Å². The molecule has 0 aromatic rings. The highest BCUT2D eigenvalue weighted by molar-refractivity contribution is 5.32. The first-order valence-electron chi connectivity index (χ1n) is 4.77. The molecule has 0 aromatic carbocycles. The van der Waals surface area contributed by atoms with Crippen LogP contribution in [0.1, 0.15) is 33.1 Å². The van der Waals surface area contributed by atoms with E-state index in [4.69, 9.17) is 0 Å². The number of allylic oxidation sites excluding steroid dienone is 5. The molecule has 0 unspecified atom stereocenters. The average Bonchev–Trinajstić information content (AvgIpc) is 2.10. The van der Waals surface area contributed by atoms with Gasteiger partial charge in [0, 0.05) is 6.42 Å². The smallest absolute Gasteiger partial charge is 0.146 e. The summed E-state index contributed by atoms with van der Waals surface area (Å²) < 4.78 is 13.0. The number of halogens is 1. The Morgan fingerprint density at radius 2 is 2.15 bits per heavy atom. The zero-order valence-electron chi connectivity index (χ0n) is 8.23. The van der Waals surface area contributed by atoms with Crippen LogP contribution >= 0.6 is 0 Å². The first-order valence-corrected chi connectivity index (χ1v) is 4.77. The third-order valence-electron chi connectivity index (χ3n) is 2.07. The second-order valence-corrected chi connectivity index (χ2v) is 3.09. The first-order chi connectivity index (χ1) is 6.26. The summed E-state index contributed by atoms with van der Waals surface area (Å²) in [7, 11) is 0. The van der Waals surface area contributed by atoms with Crippen molar-refractivity contribution < 1.29 is 4.39 Å². The maximum atomic E-state index is 13.0. The molecule has 0 atom stereocenters. The fraction of sp³-hybridized carbons (Fsp3) is 0.417. The maximum Gasteiger partial charge on any atom is 0.146 e. The van der Waals surface area contributed by atoms with E-state index in [1.165, 1.54) is 5.57 Å². The molecule has 0 heterocycles. The molecular weight excluding hydrogens is 163 g/mol. The minimum Gasteiger partial charge on any atom is -0.202 e. The number of hydrogen-bond donors (Lipinski definition) is 0. The normalized spacial score (nSPS) is 23.5. The summed E-state index contributed by atoms with van der Waals surface area (Å²) in [5.41, 5.74) is 4.98. The lowest BCUT2D eigenvalue weighted by molar-refractivity contribution is 0.619. The number of hydrogen-bond acceptors (Lipinski definition) is 0. The molecule has 13 heavy (non-hydrogen) atoms. The Labute approximate surface area is 79.2 Å². The number of rotatable bonds is 2. The molecule has 0 saturated heterocycles. The summed E-state index contributed by atoms with van der Waals surface area (Å²) in [6, 6.07) is 0. The summed E-state index contributed by atoms with van der Waals surface area (Å²) in [6.07, 6.45) is 8.07. The highest BCUT2D eigenvalue weighted by Gasteiger charge is 1.98. The third-order valence-corrected chi connectivity index (χ3v) is 2.07. The molecule has 1 rings (SSSR count). The van der Waals surface area contributed by atoms with Gasteiger partial charge in [-0.2, -0.15) is 0 Å². The van der Waals surface area contributed by atoms with Crippen LogP contribution in [0.4, 0.5) is 4.39 Å². The van der Waals surface area contributed by atoms with Crippen LogP contribution in [0.15, 0.2) is 40.9 Å². The predicted octanol–water partition coefficient (Wildman–Crippen LogP) is 4.07. The van der Waals surface area contributed by atoms with Crippen molar-refractivity contribution >= 4 is 0 Å². The molecule has 0 nitrogen and oxygen atoms in total. The standard InChI is InChI=1S/C12H15F/c1-3-10-6-5-7-12(13)9-11(4-2)8-10/h5-6,8H,3-4,7H2,1-2H3/b6-5-,10-8-. The van der Waals surface area contributed by atoms with E-state index < -0.39 is 0 Å². The molecule has 70 valence electrons. The molecule has 0 spiro atoms. The van der Waals surface area contributed by atoms with Gasteiger partial charge in [-0.15, -0.1) is 0 Å². The van der Waals surface area contributed by atoms with E-state index in [0.29, 0.717) is 6.42 Å². The van der Waals surface area contributed by atoms with Gasteiger partial charge in [0.15, 0.2) is 0 Å². The van der Waals surface area contributed by atoms with Crippen molar-refractivity contribution in [2.45, 2.75) is 33.1 Å². The van der Waals surface area contributed by atoms with E-state index in [-0.39, 0.29) is 5.83 Å². The highest BCUT2D eigenvalue weighted by Crippen LogP contribution is 2.16. The Balaban J connectivity index is 3.05. The SMILES string of the molecule is CCC1=C=C(F)C/C=C\C(CC)=C/1. The fourth-order valence-corrected chi connectivity index (χ4v) is 1.26. The van der Waals surface area contributed by atoms with Gasteiger partial charge in [-0.25, -0.2) is 4.39 Å². The molecule has 0 aliphatic heterocycles. The van der Waals surface area contributed by atoms with Gasteiger partial charge in [-0.05, 0) is 30.1 Å². The predicted molar refractivity (Wildman–Crippen MR) is 54.1 cm³/mol. The van der Waals surface area contributed by atoms with Gasteiger partial charge in [0.1, 0.15) is 5.83 Å². The molecule has 1 heteroatoms. The lowest BCUT2D eigenvalue weighted by Crippen LogP contribution is -1.83. The van der Waals surface area contributed by atoms with Crippen molar-refractivity contribution in [1.29, 1.82) is 0 Å². The topological polar surface area (TPSA) is 0 Å². The third kappa shape index (κ3) is 3.04. The van der Waals surface area contributed by atoms with Gasteiger partial charge in [0.25, 0.3) is 0 Å². The second kappa shape index (κ2) is 4.84. The van der Waals surface area contributed by atoms with Crippen LogP contribution in [0.25, 0.3) is 0 Å². The summed E-state index contributed by atoms with van der Waals surface area (Å²) >= 11 is 0. The molecule has 1 aliphatic carbocycles. The zero-order chi connectivity index (χ0) is 9.68. The van der Waals surface area contributed by atoms with Crippen molar-refractivity contribution in [1.82, 2.24) is 0 Å². The van der Waals surface area contributed by atoms with Crippen LogP contribution in [0.2, 0.25) is 0 Å². The van der Waals surface area contributed by atoms with Crippen molar-refractivity contribution in [3.8, 4) is 0 Å². The molecule has 0 saturated carbocycles. The lowest BCUT2D eigenvalue weighted by atomic mass is 10.0. The van der Waals surface area contributed by atoms with Crippen LogP contribution in [0.5, 0.6) is 0 Å². The summed E-state index contributed by atoms with van der Waals surface area (Å²) in [5, 5.41) is 0. The molecule has 0 aromatic heterocycles. The Bertz CT molecular complexity index is 299. The Hall–Kier alpha value is -1.07. The average molecular weight is 178 g/mol. The highest BCUT2D eigenvalue weighted by atomic mass is 19.1. The maximum absolute atomic E-state index is 13.0. The summed E-state index contributed by atoms with van der Waals surface area (Å²) in [5.74, 6) is -0.167. The van der Waals surface area contributed by atoms with Crippen molar-refractivity contribution in [3.05, 3.63) is 40.9 Å². The van der Waals surface area contributed by atoms with Gasteiger partial charge in [-0.3, -0.25) is 0 Å². The van der Waals surface area contributed by atoms with Crippen molar-refractivity contribution in [2.75, 3.05) is 0 Å². The minimum absolute atomic E-state index is 0.167. The molecule has 0 fully saturated rings. The molecule has 0 bridgehead atoms. The van der Waals surface area contributed by atoms with Crippen LogP contribution in [-0.2, 0) is 0 Å². The fourth-order valence-electron chi connectivity index (χ4n) is 1.26. The van der Waals surface area contributed by atoms with E-state index in [9.17, 15) is 4.39 Å². The van der Waals surface area contributed by atoms with Crippen LogP contribution in [-0.4, -0.2) is 0 Å². The second-order valence-electron chi connectivity index (χ2n) is 3.09. The lowest BCUT2D eigenvalue weighted by Gasteiger charge is -2.01. The van der Waals surface area contributed by atoms with Gasteiger partial charge in [0.05, 0.1) is 0 Å². The van der Waals surface area contributed by atoms with Gasteiger partial charge < -0.3 is 0 Å². The molecular formula is C12H15F. The Kier molecular flexibility index (Phi) is 3.72. The van der Waals surface area contributed by atoms with E-state index in [0.717, 1.165) is 18.4 Å². The van der Waals surface area contributed by atoms with Crippen LogP contribution in [0.3, 0.4) is 0 Å². The Morgan fingerprint density at radius 3 is 2.77 bits per heavy atom. The van der Waals surface area contributed by atoms with Gasteiger partial charge in [-0.1, -0.05) is 31.7 Å². The van der Waals surface area contributed by atoms with Crippen LogP contribution in [0, 0.1) is 0 Å². The molecule has 1 aliphatic rings. The molecule has 0 radical (unpaired) electrons. The van der Waals surface area contributed by atoms with E-state index in [1.807, 2.05) is 25.2 Å².